The van der Waals surface area contributed by atoms with Crippen LogP contribution in [-0.4, -0.2) is 108 Å². The lowest BCUT2D eigenvalue weighted by Crippen LogP contribution is -2.63. The molecule has 0 N–H and O–H groups in total. The summed E-state index contributed by atoms with van der Waals surface area (Å²) in [5, 5.41) is 0. The quantitative estimate of drug-likeness (QED) is 0.721. The molecule has 30 heavy (non-hydrogen) atoms. The van der Waals surface area contributed by atoms with E-state index in [0.29, 0.717) is 0 Å². The molecule has 2 fully saturated rings. The second-order valence-corrected chi connectivity index (χ2v) is 7.97. The van der Waals surface area contributed by atoms with Crippen molar-refractivity contribution in [1.29, 1.82) is 0 Å². The SMILES string of the molecule is CN1C(=O)C2C(N=C3N(CCN4CCOCC4)C(c4ccccc4)=CN32)N(C)C1=O. The number of nitrogens with zero attached hydrogens (tertiary/aromatic N) is 6. The number of morpholine rings is 1. The molecule has 2 atom stereocenters. The van der Waals surface area contributed by atoms with E-state index in [1.807, 2.05) is 29.3 Å². The maximum Gasteiger partial charge on any atom is 0.328 e. The van der Waals surface area contributed by atoms with Crippen molar-refractivity contribution < 1.29 is 14.3 Å². The second kappa shape index (κ2) is 7.41. The van der Waals surface area contributed by atoms with E-state index in [9.17, 15) is 9.59 Å². The van der Waals surface area contributed by atoms with E-state index >= 15 is 0 Å². The van der Waals surface area contributed by atoms with Crippen LogP contribution in [-0.2, 0) is 9.53 Å². The molecule has 158 valence electrons. The summed E-state index contributed by atoms with van der Waals surface area (Å²) < 4.78 is 5.46. The Morgan fingerprint density at radius 1 is 1.07 bits per heavy atom. The van der Waals surface area contributed by atoms with Crippen LogP contribution < -0.4 is 0 Å². The Kier molecular flexibility index (Phi) is 4.71. The number of likely N-dealkylation sites (N-methyl/N-ethyl adjacent to an activating group) is 2. The maximum atomic E-state index is 13.0. The summed E-state index contributed by atoms with van der Waals surface area (Å²) in [6, 6.07) is 9.30. The highest BCUT2D eigenvalue weighted by molar-refractivity contribution is 6.06. The standard InChI is InChI=1S/C21H26N6O3/c1-23-18-17(19(28)24(2)21(23)29)27-14-16(15-6-4-3-5-7-15)26(20(27)22-18)9-8-25-10-12-30-13-11-25/h3-7,14,17-18H,8-13H2,1-2H3. The molecule has 3 amide bonds. The molecule has 0 spiro atoms. The number of guanidine groups is 1. The molecule has 2 unspecified atom stereocenters. The van der Waals surface area contributed by atoms with Gasteiger partial charge in [0.15, 0.2) is 12.2 Å². The third-order valence-electron chi connectivity index (χ3n) is 6.24. The number of carbonyl (C=O) groups excluding carboxylic acids is 2. The van der Waals surface area contributed by atoms with Crippen LogP contribution >= 0.6 is 0 Å². The molecular weight excluding hydrogens is 384 g/mol. The molecule has 1 aromatic rings. The first-order valence-electron chi connectivity index (χ1n) is 10.3. The summed E-state index contributed by atoms with van der Waals surface area (Å²) in [5.74, 6) is 0.515. The van der Waals surface area contributed by atoms with Crippen molar-refractivity contribution in [2.45, 2.75) is 12.2 Å². The number of amides is 3. The second-order valence-electron chi connectivity index (χ2n) is 7.97. The van der Waals surface area contributed by atoms with Crippen LogP contribution in [0.2, 0.25) is 0 Å². The highest BCUT2D eigenvalue weighted by atomic mass is 16.5. The average molecular weight is 410 g/mol. The normalized spacial score (nSPS) is 26.7. The Labute approximate surface area is 175 Å². The average Bonchev–Trinajstić information content (AvgIpc) is 3.32. The zero-order valence-corrected chi connectivity index (χ0v) is 17.3. The van der Waals surface area contributed by atoms with Crippen molar-refractivity contribution in [2.24, 2.45) is 4.99 Å². The topological polar surface area (TPSA) is 71.9 Å². The van der Waals surface area contributed by atoms with E-state index in [4.69, 9.17) is 9.73 Å². The fraction of sp³-hybridized carbons (Fsp3) is 0.476. The largest absolute Gasteiger partial charge is 0.379 e. The lowest BCUT2D eigenvalue weighted by molar-refractivity contribution is -0.135. The van der Waals surface area contributed by atoms with Gasteiger partial charge in [0, 0.05) is 46.5 Å². The minimum Gasteiger partial charge on any atom is -0.379 e. The van der Waals surface area contributed by atoms with Gasteiger partial charge < -0.3 is 19.4 Å². The van der Waals surface area contributed by atoms with Crippen molar-refractivity contribution in [2.75, 3.05) is 53.5 Å². The van der Waals surface area contributed by atoms with Crippen molar-refractivity contribution in [3.05, 3.63) is 42.1 Å². The molecule has 4 aliphatic rings. The van der Waals surface area contributed by atoms with Crippen LogP contribution in [0.5, 0.6) is 0 Å². The van der Waals surface area contributed by atoms with Crippen LogP contribution in [0.4, 0.5) is 4.79 Å². The van der Waals surface area contributed by atoms with E-state index in [-0.39, 0.29) is 11.9 Å². The molecule has 4 heterocycles. The summed E-state index contributed by atoms with van der Waals surface area (Å²) in [6.07, 6.45) is 1.50. The molecule has 4 aliphatic heterocycles. The molecule has 0 aliphatic carbocycles. The molecule has 0 bridgehead atoms. The van der Waals surface area contributed by atoms with Crippen molar-refractivity contribution >= 4 is 23.6 Å². The van der Waals surface area contributed by atoms with Crippen LogP contribution in [0, 0.1) is 0 Å². The molecular formula is C21H26N6O3. The number of fused-ring (bicyclic) bond motifs is 3. The summed E-state index contributed by atoms with van der Waals surface area (Å²) in [7, 11) is 3.23. The van der Waals surface area contributed by atoms with E-state index in [1.54, 1.807) is 11.9 Å². The third-order valence-corrected chi connectivity index (χ3v) is 6.24. The Bertz CT molecular complexity index is 911. The van der Waals surface area contributed by atoms with Crippen molar-refractivity contribution in [3.8, 4) is 0 Å². The number of ether oxygens (including phenoxy) is 1. The molecule has 9 nitrogen and oxygen atoms in total. The smallest absolute Gasteiger partial charge is 0.328 e. The first-order valence-corrected chi connectivity index (χ1v) is 10.3. The van der Waals surface area contributed by atoms with E-state index < -0.39 is 12.2 Å². The number of aliphatic imine (C=N–C) groups is 1. The molecule has 1 aromatic carbocycles. The summed E-state index contributed by atoms with van der Waals surface area (Å²) in [5.41, 5.74) is 2.10. The Morgan fingerprint density at radius 2 is 1.80 bits per heavy atom. The maximum absolute atomic E-state index is 13.0. The van der Waals surface area contributed by atoms with Gasteiger partial charge in [-0.1, -0.05) is 30.3 Å². The van der Waals surface area contributed by atoms with Gasteiger partial charge in [-0.25, -0.2) is 9.79 Å². The van der Waals surface area contributed by atoms with Gasteiger partial charge in [-0.2, -0.15) is 0 Å². The molecule has 0 radical (unpaired) electrons. The number of urea groups is 1. The van der Waals surface area contributed by atoms with Gasteiger partial charge in [0.1, 0.15) is 0 Å². The van der Waals surface area contributed by atoms with Gasteiger partial charge in [0.25, 0.3) is 5.91 Å². The monoisotopic (exact) mass is 410 g/mol. The zero-order valence-electron chi connectivity index (χ0n) is 17.3. The van der Waals surface area contributed by atoms with Crippen LogP contribution in [0.25, 0.3) is 5.70 Å². The summed E-state index contributed by atoms with van der Waals surface area (Å²) in [4.78, 5) is 39.4. The zero-order chi connectivity index (χ0) is 20.8. The van der Waals surface area contributed by atoms with Gasteiger partial charge in [-0.3, -0.25) is 14.6 Å². The highest BCUT2D eigenvalue weighted by Crippen LogP contribution is 2.36. The molecule has 0 saturated carbocycles. The van der Waals surface area contributed by atoms with Gasteiger partial charge >= 0.3 is 6.03 Å². The minimum absolute atomic E-state index is 0.222. The van der Waals surface area contributed by atoms with Gasteiger partial charge in [-0.15, -0.1) is 0 Å². The van der Waals surface area contributed by atoms with Crippen LogP contribution in [0.1, 0.15) is 5.56 Å². The van der Waals surface area contributed by atoms with Crippen molar-refractivity contribution in [1.82, 2.24) is 24.5 Å². The number of benzene rings is 1. The van der Waals surface area contributed by atoms with Crippen LogP contribution in [0.15, 0.2) is 41.5 Å². The molecule has 5 rings (SSSR count). The molecule has 2 saturated heterocycles. The van der Waals surface area contributed by atoms with E-state index in [1.165, 1.54) is 11.9 Å². The minimum atomic E-state index is -0.528. The first-order chi connectivity index (χ1) is 14.6. The van der Waals surface area contributed by atoms with E-state index in [2.05, 4.69) is 21.9 Å². The van der Waals surface area contributed by atoms with Crippen molar-refractivity contribution in [3.63, 3.8) is 0 Å². The fourth-order valence-corrected chi connectivity index (χ4v) is 4.49. The summed E-state index contributed by atoms with van der Waals surface area (Å²) >= 11 is 0. The number of imide groups is 1. The predicted octanol–water partition coefficient (Wildman–Crippen LogP) is 0.523. The number of rotatable bonds is 4. The Balaban J connectivity index is 1.47. The molecule has 9 heteroatoms. The van der Waals surface area contributed by atoms with Gasteiger partial charge in [0.2, 0.25) is 5.96 Å². The third kappa shape index (κ3) is 2.96. The number of carbonyl (C=O) groups is 2. The lowest BCUT2D eigenvalue weighted by atomic mass is 10.1. The first kappa shape index (κ1) is 19.1. The Morgan fingerprint density at radius 3 is 2.53 bits per heavy atom. The Hall–Kier alpha value is -2.91. The summed E-state index contributed by atoms with van der Waals surface area (Å²) in [6.45, 7) is 4.97. The van der Waals surface area contributed by atoms with Crippen LogP contribution in [0.3, 0.4) is 0 Å². The van der Waals surface area contributed by atoms with Gasteiger partial charge in [0.05, 0.1) is 18.9 Å². The number of hydrogen-bond acceptors (Lipinski definition) is 7. The number of hydrogen-bond donors (Lipinski definition) is 0. The highest BCUT2D eigenvalue weighted by Gasteiger charge is 2.53. The lowest BCUT2D eigenvalue weighted by Gasteiger charge is -2.38. The van der Waals surface area contributed by atoms with Gasteiger partial charge in [-0.05, 0) is 5.56 Å². The predicted molar refractivity (Wildman–Crippen MR) is 111 cm³/mol. The fourth-order valence-electron chi connectivity index (χ4n) is 4.49. The molecule has 0 aromatic heterocycles. The van der Waals surface area contributed by atoms with E-state index in [0.717, 1.165) is 56.6 Å².